The average molecular weight is 311 g/mol. The summed E-state index contributed by atoms with van der Waals surface area (Å²) >= 11 is 0. The number of hydrogen-bond acceptors (Lipinski definition) is 4. The van der Waals surface area contributed by atoms with E-state index in [1.807, 2.05) is 20.8 Å². The number of nitrogens with zero attached hydrogens (tertiary/aromatic N) is 1. The molecule has 0 bridgehead atoms. The normalized spacial score (nSPS) is 24.0. The van der Waals surface area contributed by atoms with Crippen LogP contribution in [0.5, 0.6) is 0 Å². The standard InChI is InChI=1S/C16H29N3O3/c1-16(2,3)22-15(21)19-9-6-12(7-10-19)11-18-13-5-4-8-17-14(13)20/h12-13,18H,4-11H2,1-3H3,(H,17,20). The maximum Gasteiger partial charge on any atom is 0.410 e. The molecule has 1 unspecified atom stereocenters. The first-order valence-corrected chi connectivity index (χ1v) is 8.34. The van der Waals surface area contributed by atoms with E-state index in [1.54, 1.807) is 4.90 Å². The average Bonchev–Trinajstić information content (AvgIpc) is 2.45. The van der Waals surface area contributed by atoms with E-state index < -0.39 is 5.60 Å². The largest absolute Gasteiger partial charge is 0.444 e. The molecule has 0 aromatic heterocycles. The van der Waals surface area contributed by atoms with Crippen LogP contribution in [0.1, 0.15) is 46.5 Å². The molecule has 1 atom stereocenters. The monoisotopic (exact) mass is 311 g/mol. The van der Waals surface area contributed by atoms with Crippen LogP contribution < -0.4 is 10.6 Å². The van der Waals surface area contributed by atoms with Crippen molar-refractivity contribution in [1.29, 1.82) is 0 Å². The predicted octanol–water partition coefficient (Wildman–Crippen LogP) is 1.50. The molecule has 126 valence electrons. The second kappa shape index (κ2) is 7.31. The fourth-order valence-corrected chi connectivity index (χ4v) is 2.92. The highest BCUT2D eigenvalue weighted by atomic mass is 16.6. The van der Waals surface area contributed by atoms with Gasteiger partial charge in [0.2, 0.25) is 5.91 Å². The van der Waals surface area contributed by atoms with Gasteiger partial charge in [-0.25, -0.2) is 4.79 Å². The molecule has 2 saturated heterocycles. The Morgan fingerprint density at radius 3 is 2.59 bits per heavy atom. The van der Waals surface area contributed by atoms with Crippen LogP contribution in [0.2, 0.25) is 0 Å². The molecular formula is C16H29N3O3. The third-order valence-corrected chi connectivity index (χ3v) is 4.20. The van der Waals surface area contributed by atoms with Crippen molar-refractivity contribution in [2.45, 2.75) is 58.1 Å². The van der Waals surface area contributed by atoms with Crippen molar-refractivity contribution in [2.24, 2.45) is 5.92 Å². The van der Waals surface area contributed by atoms with Gasteiger partial charge >= 0.3 is 6.09 Å². The summed E-state index contributed by atoms with van der Waals surface area (Å²) in [6.45, 7) is 8.77. The molecule has 0 spiro atoms. The SMILES string of the molecule is CC(C)(C)OC(=O)N1CCC(CNC2CCCNC2=O)CC1. The third kappa shape index (κ3) is 5.16. The smallest absolute Gasteiger partial charge is 0.410 e. The molecule has 2 fully saturated rings. The molecule has 0 aliphatic carbocycles. The van der Waals surface area contributed by atoms with Crippen molar-refractivity contribution in [3.8, 4) is 0 Å². The van der Waals surface area contributed by atoms with Crippen LogP contribution in [0.15, 0.2) is 0 Å². The number of carbonyl (C=O) groups excluding carboxylic acids is 2. The van der Waals surface area contributed by atoms with Crippen LogP contribution in [0, 0.1) is 5.92 Å². The minimum atomic E-state index is -0.441. The number of rotatable bonds is 3. The summed E-state index contributed by atoms with van der Waals surface area (Å²) in [5.74, 6) is 0.644. The summed E-state index contributed by atoms with van der Waals surface area (Å²) in [6.07, 6.45) is 3.66. The summed E-state index contributed by atoms with van der Waals surface area (Å²) in [5, 5.41) is 6.27. The van der Waals surface area contributed by atoms with Crippen LogP contribution >= 0.6 is 0 Å². The second-order valence-electron chi connectivity index (χ2n) is 7.30. The van der Waals surface area contributed by atoms with E-state index in [0.29, 0.717) is 5.92 Å². The fourth-order valence-electron chi connectivity index (χ4n) is 2.92. The van der Waals surface area contributed by atoms with Gasteiger partial charge in [-0.2, -0.15) is 0 Å². The van der Waals surface area contributed by atoms with Crippen molar-refractivity contribution < 1.29 is 14.3 Å². The van der Waals surface area contributed by atoms with Crippen LogP contribution in [-0.2, 0) is 9.53 Å². The quantitative estimate of drug-likeness (QED) is 0.829. The lowest BCUT2D eigenvalue weighted by Gasteiger charge is -2.34. The Kier molecular flexibility index (Phi) is 5.67. The maximum absolute atomic E-state index is 12.0. The Hall–Kier alpha value is -1.30. The van der Waals surface area contributed by atoms with Gasteiger partial charge in [0.15, 0.2) is 0 Å². The van der Waals surface area contributed by atoms with Gasteiger partial charge in [0.25, 0.3) is 0 Å². The maximum atomic E-state index is 12.0. The molecule has 6 nitrogen and oxygen atoms in total. The molecule has 22 heavy (non-hydrogen) atoms. The number of likely N-dealkylation sites (tertiary alicyclic amines) is 1. The third-order valence-electron chi connectivity index (χ3n) is 4.20. The Balaban J connectivity index is 1.68. The van der Waals surface area contributed by atoms with Gasteiger partial charge in [-0.1, -0.05) is 0 Å². The van der Waals surface area contributed by atoms with Gasteiger partial charge in [0, 0.05) is 19.6 Å². The first-order valence-electron chi connectivity index (χ1n) is 8.34. The summed E-state index contributed by atoms with van der Waals surface area (Å²) < 4.78 is 5.40. The Morgan fingerprint density at radius 2 is 2.00 bits per heavy atom. The minimum absolute atomic E-state index is 0.0439. The molecule has 0 aromatic carbocycles. The van der Waals surface area contributed by atoms with Gasteiger partial charge in [0.1, 0.15) is 5.60 Å². The predicted molar refractivity (Wildman–Crippen MR) is 84.6 cm³/mol. The van der Waals surface area contributed by atoms with Gasteiger partial charge < -0.3 is 20.3 Å². The number of piperidine rings is 2. The number of ether oxygens (including phenoxy) is 1. The molecule has 2 aliphatic rings. The summed E-state index contributed by atoms with van der Waals surface area (Å²) in [7, 11) is 0. The first kappa shape index (κ1) is 17.1. The van der Waals surface area contributed by atoms with E-state index in [2.05, 4.69) is 10.6 Å². The van der Waals surface area contributed by atoms with Crippen LogP contribution in [0.25, 0.3) is 0 Å². The highest BCUT2D eigenvalue weighted by Crippen LogP contribution is 2.19. The van der Waals surface area contributed by atoms with Crippen molar-refractivity contribution in [2.75, 3.05) is 26.2 Å². The molecule has 2 rings (SSSR count). The lowest BCUT2D eigenvalue weighted by Crippen LogP contribution is -2.50. The highest BCUT2D eigenvalue weighted by molar-refractivity contribution is 5.82. The number of amides is 2. The number of hydrogen-bond donors (Lipinski definition) is 2. The van der Waals surface area contributed by atoms with E-state index in [-0.39, 0.29) is 18.0 Å². The molecule has 6 heteroatoms. The summed E-state index contributed by atoms with van der Waals surface area (Å²) in [5.41, 5.74) is -0.441. The van der Waals surface area contributed by atoms with E-state index in [1.165, 1.54) is 0 Å². The topological polar surface area (TPSA) is 70.7 Å². The van der Waals surface area contributed by atoms with Crippen molar-refractivity contribution in [3.63, 3.8) is 0 Å². The van der Waals surface area contributed by atoms with Crippen LogP contribution in [-0.4, -0.2) is 54.7 Å². The summed E-state index contributed by atoms with van der Waals surface area (Å²) in [4.78, 5) is 25.5. The van der Waals surface area contributed by atoms with Gasteiger partial charge in [-0.3, -0.25) is 4.79 Å². The zero-order chi connectivity index (χ0) is 16.2. The van der Waals surface area contributed by atoms with Crippen LogP contribution in [0.4, 0.5) is 4.79 Å². The molecule has 0 radical (unpaired) electrons. The fraction of sp³-hybridized carbons (Fsp3) is 0.875. The Bertz CT molecular complexity index is 398. The van der Waals surface area contributed by atoms with E-state index in [9.17, 15) is 9.59 Å². The number of nitrogens with one attached hydrogen (secondary N) is 2. The van der Waals surface area contributed by atoms with E-state index in [0.717, 1.165) is 51.9 Å². The van der Waals surface area contributed by atoms with Crippen molar-refractivity contribution >= 4 is 12.0 Å². The van der Waals surface area contributed by atoms with Crippen molar-refractivity contribution in [1.82, 2.24) is 15.5 Å². The van der Waals surface area contributed by atoms with Gasteiger partial charge in [-0.05, 0) is 58.9 Å². The lowest BCUT2D eigenvalue weighted by atomic mass is 9.96. The molecule has 0 saturated carbocycles. The second-order valence-corrected chi connectivity index (χ2v) is 7.30. The van der Waals surface area contributed by atoms with Gasteiger partial charge in [0.05, 0.1) is 6.04 Å². The van der Waals surface area contributed by atoms with Gasteiger partial charge in [-0.15, -0.1) is 0 Å². The van der Waals surface area contributed by atoms with E-state index in [4.69, 9.17) is 4.74 Å². The first-order chi connectivity index (χ1) is 10.3. The molecule has 2 N–H and O–H groups in total. The summed E-state index contributed by atoms with van der Waals surface area (Å²) in [6, 6.07) is -0.0439. The van der Waals surface area contributed by atoms with E-state index >= 15 is 0 Å². The lowest BCUT2D eigenvalue weighted by molar-refractivity contribution is -0.124. The Labute approximate surface area is 132 Å². The minimum Gasteiger partial charge on any atom is -0.444 e. The Morgan fingerprint density at radius 1 is 1.32 bits per heavy atom. The zero-order valence-electron chi connectivity index (χ0n) is 14.0. The molecule has 2 aliphatic heterocycles. The molecule has 2 amide bonds. The molecule has 0 aromatic rings. The molecule has 2 heterocycles. The number of carbonyl (C=O) groups is 2. The van der Waals surface area contributed by atoms with Crippen molar-refractivity contribution in [3.05, 3.63) is 0 Å². The zero-order valence-corrected chi connectivity index (χ0v) is 14.0. The molecular weight excluding hydrogens is 282 g/mol. The highest BCUT2D eigenvalue weighted by Gasteiger charge is 2.28. The van der Waals surface area contributed by atoms with Crippen LogP contribution in [0.3, 0.4) is 0 Å².